The number of amidine groups is 1. The van der Waals surface area contributed by atoms with E-state index in [-0.39, 0.29) is 17.3 Å². The van der Waals surface area contributed by atoms with E-state index in [1.54, 1.807) is 19.1 Å². The number of carboxylic acid groups (broad SMARTS) is 1. The minimum absolute atomic E-state index is 0.0250. The average molecular weight is 336 g/mol. The average Bonchev–Trinajstić information content (AvgIpc) is 2.84. The largest absolute Gasteiger partial charge is 0.481 e. The maximum atomic E-state index is 11.5. The fraction of sp³-hybridized carbons (Fsp3) is 0.231. The van der Waals surface area contributed by atoms with Crippen molar-refractivity contribution in [2.45, 2.75) is 18.6 Å². The smallest absolute Gasteiger partial charge is 0.305 e. The number of amides is 1. The van der Waals surface area contributed by atoms with Crippen molar-refractivity contribution < 1.29 is 19.6 Å². The quantitative estimate of drug-likeness (QED) is 0.474. The van der Waals surface area contributed by atoms with E-state index < -0.39 is 22.0 Å². The minimum atomic E-state index is -1.07. The van der Waals surface area contributed by atoms with Crippen LogP contribution in [-0.4, -0.2) is 38.0 Å². The number of carbonyl (C=O) groups is 2. The number of non-ortho nitro benzene ring substituents is 1. The third-order valence-electron chi connectivity index (χ3n) is 2.92. The van der Waals surface area contributed by atoms with Gasteiger partial charge in [-0.2, -0.15) is 5.10 Å². The van der Waals surface area contributed by atoms with Crippen LogP contribution in [0.4, 0.5) is 5.69 Å². The zero-order valence-electron chi connectivity index (χ0n) is 11.9. The summed E-state index contributed by atoms with van der Waals surface area (Å²) < 4.78 is 0. The number of nitrogens with zero attached hydrogens (tertiary/aromatic N) is 3. The Hall–Kier alpha value is -2.75. The van der Waals surface area contributed by atoms with Gasteiger partial charge in [0.05, 0.1) is 17.1 Å². The van der Waals surface area contributed by atoms with Gasteiger partial charge in [-0.1, -0.05) is 11.8 Å². The number of hydrogen-bond acceptors (Lipinski definition) is 7. The molecule has 1 aliphatic rings. The Kier molecular flexibility index (Phi) is 5.06. The van der Waals surface area contributed by atoms with Gasteiger partial charge in [-0.05, 0) is 24.6 Å². The van der Waals surface area contributed by atoms with Crippen molar-refractivity contribution in [1.82, 2.24) is 5.32 Å². The highest BCUT2D eigenvalue weighted by Gasteiger charge is 2.32. The van der Waals surface area contributed by atoms with E-state index in [0.29, 0.717) is 11.3 Å². The van der Waals surface area contributed by atoms with Crippen LogP contribution in [0.15, 0.2) is 34.5 Å². The molecule has 10 heteroatoms. The summed E-state index contributed by atoms with van der Waals surface area (Å²) in [5.41, 5.74) is 1.13. The SMILES string of the molecule is C/C(=N/N=C1\NC(=O)C(CC(=O)O)S1)c1ccc([N+](=O)[O-])cc1. The van der Waals surface area contributed by atoms with Gasteiger partial charge in [-0.15, -0.1) is 5.10 Å². The molecule has 0 spiro atoms. The van der Waals surface area contributed by atoms with Crippen molar-refractivity contribution in [2.24, 2.45) is 10.2 Å². The first-order chi connectivity index (χ1) is 10.9. The monoisotopic (exact) mass is 336 g/mol. The van der Waals surface area contributed by atoms with Gasteiger partial charge in [0.2, 0.25) is 5.91 Å². The summed E-state index contributed by atoms with van der Waals surface area (Å²) in [5.74, 6) is -1.48. The third-order valence-corrected chi connectivity index (χ3v) is 4.00. The van der Waals surface area contributed by atoms with Crippen molar-refractivity contribution in [3.63, 3.8) is 0 Å². The summed E-state index contributed by atoms with van der Waals surface area (Å²) in [7, 11) is 0. The maximum absolute atomic E-state index is 11.5. The Morgan fingerprint density at radius 1 is 1.43 bits per heavy atom. The number of thioether (sulfide) groups is 1. The fourth-order valence-corrected chi connectivity index (χ4v) is 2.66. The Balaban J connectivity index is 2.08. The van der Waals surface area contributed by atoms with Gasteiger partial charge >= 0.3 is 5.97 Å². The molecule has 1 heterocycles. The summed E-state index contributed by atoms with van der Waals surface area (Å²) in [5, 5.41) is 29.1. The molecule has 2 rings (SSSR count). The number of benzene rings is 1. The number of nitro groups is 1. The highest BCUT2D eigenvalue weighted by Crippen LogP contribution is 2.22. The van der Waals surface area contributed by atoms with E-state index in [1.165, 1.54) is 12.1 Å². The molecule has 0 aromatic heterocycles. The second-order valence-corrected chi connectivity index (χ2v) is 5.78. The van der Waals surface area contributed by atoms with Gasteiger partial charge in [0.15, 0.2) is 5.17 Å². The third kappa shape index (κ3) is 4.36. The lowest BCUT2D eigenvalue weighted by Gasteiger charge is -1.99. The van der Waals surface area contributed by atoms with E-state index in [9.17, 15) is 19.7 Å². The molecule has 2 N–H and O–H groups in total. The molecule has 1 unspecified atom stereocenters. The lowest BCUT2D eigenvalue weighted by Crippen LogP contribution is -2.26. The lowest BCUT2D eigenvalue weighted by molar-refractivity contribution is -0.384. The predicted molar refractivity (Wildman–Crippen MR) is 84.5 cm³/mol. The first kappa shape index (κ1) is 16.6. The number of nitro benzene ring substituents is 1. The van der Waals surface area contributed by atoms with Crippen molar-refractivity contribution >= 4 is 40.2 Å². The Labute approximate surface area is 134 Å². The van der Waals surface area contributed by atoms with Crippen LogP contribution in [0, 0.1) is 10.1 Å². The topological polar surface area (TPSA) is 134 Å². The van der Waals surface area contributed by atoms with Gasteiger partial charge in [0.1, 0.15) is 5.25 Å². The van der Waals surface area contributed by atoms with Crippen molar-refractivity contribution in [3.05, 3.63) is 39.9 Å². The van der Waals surface area contributed by atoms with Crippen LogP contribution < -0.4 is 5.32 Å². The van der Waals surface area contributed by atoms with E-state index in [0.717, 1.165) is 11.8 Å². The second-order valence-electron chi connectivity index (χ2n) is 4.59. The summed E-state index contributed by atoms with van der Waals surface area (Å²) in [6, 6.07) is 5.81. The molecule has 0 radical (unpaired) electrons. The van der Waals surface area contributed by atoms with E-state index in [1.807, 2.05) is 0 Å². The van der Waals surface area contributed by atoms with E-state index in [4.69, 9.17) is 5.11 Å². The molecule has 0 aliphatic carbocycles. The summed E-state index contributed by atoms with van der Waals surface area (Å²) in [4.78, 5) is 32.3. The molecule has 1 saturated heterocycles. The fourth-order valence-electron chi connectivity index (χ4n) is 1.75. The highest BCUT2D eigenvalue weighted by molar-refractivity contribution is 8.15. The summed E-state index contributed by atoms with van der Waals surface area (Å²) in [6.07, 6.45) is -0.291. The molecule has 23 heavy (non-hydrogen) atoms. The second kappa shape index (κ2) is 7.01. The van der Waals surface area contributed by atoms with Crippen LogP contribution in [0.25, 0.3) is 0 Å². The van der Waals surface area contributed by atoms with Crippen molar-refractivity contribution in [1.29, 1.82) is 0 Å². The number of carbonyl (C=O) groups excluding carboxylic acids is 1. The Bertz CT molecular complexity index is 714. The van der Waals surface area contributed by atoms with Gasteiger partial charge < -0.3 is 10.4 Å². The molecule has 1 aliphatic heterocycles. The Morgan fingerprint density at radius 2 is 2.09 bits per heavy atom. The molecule has 0 saturated carbocycles. The van der Waals surface area contributed by atoms with E-state index >= 15 is 0 Å². The van der Waals surface area contributed by atoms with Gasteiger partial charge in [0, 0.05) is 12.1 Å². The highest BCUT2D eigenvalue weighted by atomic mass is 32.2. The lowest BCUT2D eigenvalue weighted by atomic mass is 10.1. The van der Waals surface area contributed by atoms with E-state index in [2.05, 4.69) is 15.5 Å². The summed E-state index contributed by atoms with van der Waals surface area (Å²) >= 11 is 1.00. The van der Waals surface area contributed by atoms with Crippen LogP contribution in [0.3, 0.4) is 0 Å². The Morgan fingerprint density at radius 3 is 2.65 bits per heavy atom. The number of hydrogen-bond donors (Lipinski definition) is 2. The molecular weight excluding hydrogens is 324 g/mol. The molecule has 9 nitrogen and oxygen atoms in total. The first-order valence-electron chi connectivity index (χ1n) is 6.43. The molecule has 1 atom stereocenters. The molecule has 1 aromatic carbocycles. The van der Waals surface area contributed by atoms with Crippen LogP contribution in [0.1, 0.15) is 18.9 Å². The number of aliphatic carboxylic acids is 1. The normalized spacial score (nSPS) is 19.7. The minimum Gasteiger partial charge on any atom is -0.481 e. The number of rotatable bonds is 5. The van der Waals surface area contributed by atoms with Crippen LogP contribution in [0.5, 0.6) is 0 Å². The molecule has 1 fully saturated rings. The number of nitrogens with one attached hydrogen (secondary N) is 1. The predicted octanol–water partition coefficient (Wildman–Crippen LogP) is 1.38. The molecule has 1 amide bonds. The van der Waals surface area contributed by atoms with Crippen LogP contribution >= 0.6 is 11.8 Å². The van der Waals surface area contributed by atoms with Crippen LogP contribution in [-0.2, 0) is 9.59 Å². The van der Waals surface area contributed by atoms with Crippen molar-refractivity contribution in [3.8, 4) is 0 Å². The van der Waals surface area contributed by atoms with Gasteiger partial charge in [-0.25, -0.2) is 0 Å². The molecule has 1 aromatic rings. The standard InChI is InChI=1S/C13H12N4O5S/c1-7(8-2-4-9(5-3-8)17(21)22)15-16-13-14-12(20)10(23-13)6-11(18)19/h2-5,10H,6H2,1H3,(H,18,19)(H,14,16,20)/b15-7-. The zero-order valence-corrected chi connectivity index (χ0v) is 12.7. The first-order valence-corrected chi connectivity index (χ1v) is 7.31. The maximum Gasteiger partial charge on any atom is 0.305 e. The van der Waals surface area contributed by atoms with Gasteiger partial charge in [0.25, 0.3) is 5.69 Å². The van der Waals surface area contributed by atoms with Crippen LogP contribution in [0.2, 0.25) is 0 Å². The molecule has 120 valence electrons. The summed E-state index contributed by atoms with van der Waals surface area (Å²) in [6.45, 7) is 1.67. The zero-order chi connectivity index (χ0) is 17.0. The molecular formula is C13H12N4O5S. The number of carboxylic acids is 1. The van der Waals surface area contributed by atoms with Gasteiger partial charge in [-0.3, -0.25) is 19.7 Å². The molecule has 0 bridgehead atoms. The van der Waals surface area contributed by atoms with Crippen molar-refractivity contribution in [2.75, 3.05) is 0 Å².